The van der Waals surface area contributed by atoms with Crippen molar-refractivity contribution in [3.05, 3.63) is 53.9 Å². The summed E-state index contributed by atoms with van der Waals surface area (Å²) < 4.78 is 0. The Morgan fingerprint density at radius 2 is 2.09 bits per heavy atom. The second-order valence-electron chi connectivity index (χ2n) is 5.23. The molecule has 0 spiro atoms. The predicted octanol–water partition coefficient (Wildman–Crippen LogP) is 1.99. The number of pyridine rings is 1. The molecule has 0 aliphatic carbocycles. The zero-order valence-corrected chi connectivity index (χ0v) is 12.9. The van der Waals surface area contributed by atoms with Crippen molar-refractivity contribution in [3.63, 3.8) is 0 Å². The monoisotopic (exact) mass is 308 g/mol. The number of tetrazole rings is 1. The van der Waals surface area contributed by atoms with E-state index in [0.29, 0.717) is 5.82 Å². The molecule has 7 heteroatoms. The molecule has 0 radical (unpaired) electrons. The summed E-state index contributed by atoms with van der Waals surface area (Å²) in [5.74, 6) is 0.237. The van der Waals surface area contributed by atoms with Crippen molar-refractivity contribution in [2.45, 2.75) is 20.4 Å². The molecule has 1 N–H and O–H groups in total. The number of hydrogen-bond donors (Lipinski definition) is 1. The molecule has 0 aliphatic heterocycles. The fourth-order valence-corrected chi connectivity index (χ4v) is 2.07. The third kappa shape index (κ3) is 3.57. The van der Waals surface area contributed by atoms with Gasteiger partial charge in [-0.3, -0.25) is 9.78 Å². The van der Waals surface area contributed by atoms with E-state index < -0.39 is 0 Å². The number of anilines is 1. The van der Waals surface area contributed by atoms with Crippen LogP contribution >= 0.6 is 0 Å². The summed E-state index contributed by atoms with van der Waals surface area (Å²) in [4.78, 5) is 17.3. The zero-order valence-electron chi connectivity index (χ0n) is 12.9. The van der Waals surface area contributed by atoms with Crippen molar-refractivity contribution < 1.29 is 4.79 Å². The average Bonchev–Trinajstić information content (AvgIpc) is 3.00. The van der Waals surface area contributed by atoms with Gasteiger partial charge in [0.05, 0.1) is 0 Å². The number of carbonyl (C=O) groups is 1. The quantitative estimate of drug-likeness (QED) is 0.796. The topological polar surface area (TPSA) is 85.6 Å². The fourth-order valence-electron chi connectivity index (χ4n) is 2.07. The largest absolute Gasteiger partial charge is 0.324 e. The van der Waals surface area contributed by atoms with Crippen LogP contribution in [0, 0.1) is 13.8 Å². The summed E-state index contributed by atoms with van der Waals surface area (Å²) in [6, 6.07) is 9.41. The van der Waals surface area contributed by atoms with Gasteiger partial charge in [0.2, 0.25) is 11.7 Å². The van der Waals surface area contributed by atoms with Gasteiger partial charge in [-0.2, -0.15) is 4.80 Å². The molecular formula is C16H16N6O. The molecular weight excluding hydrogens is 292 g/mol. The van der Waals surface area contributed by atoms with Crippen LogP contribution in [0.5, 0.6) is 0 Å². The van der Waals surface area contributed by atoms with Crippen LogP contribution in [0.4, 0.5) is 5.69 Å². The summed E-state index contributed by atoms with van der Waals surface area (Å²) in [6.45, 7) is 4.03. The Bertz CT molecular complexity index is 828. The maximum absolute atomic E-state index is 12.1. The van der Waals surface area contributed by atoms with Crippen LogP contribution in [-0.2, 0) is 11.3 Å². The van der Waals surface area contributed by atoms with Gasteiger partial charge in [0.15, 0.2) is 0 Å². The molecule has 0 aliphatic rings. The van der Waals surface area contributed by atoms with Gasteiger partial charge in [-0.15, -0.1) is 10.2 Å². The lowest BCUT2D eigenvalue weighted by atomic mass is 10.1. The van der Waals surface area contributed by atoms with Crippen LogP contribution in [-0.4, -0.2) is 31.1 Å². The average molecular weight is 308 g/mol. The first kappa shape index (κ1) is 14.8. The van der Waals surface area contributed by atoms with E-state index in [0.717, 1.165) is 16.8 Å². The first-order valence-corrected chi connectivity index (χ1v) is 7.17. The van der Waals surface area contributed by atoms with E-state index in [1.165, 1.54) is 10.4 Å². The number of amides is 1. The van der Waals surface area contributed by atoms with Gasteiger partial charge < -0.3 is 5.32 Å². The lowest BCUT2D eigenvalue weighted by Crippen LogP contribution is -2.20. The molecule has 1 amide bonds. The van der Waals surface area contributed by atoms with Crippen LogP contribution in [0.15, 0.2) is 42.7 Å². The number of benzene rings is 1. The van der Waals surface area contributed by atoms with Gasteiger partial charge in [-0.1, -0.05) is 6.07 Å². The van der Waals surface area contributed by atoms with Crippen molar-refractivity contribution in [1.82, 2.24) is 25.2 Å². The fraction of sp³-hybridized carbons (Fsp3) is 0.188. The maximum atomic E-state index is 12.1. The third-order valence-electron chi connectivity index (χ3n) is 3.45. The number of hydrogen-bond acceptors (Lipinski definition) is 5. The van der Waals surface area contributed by atoms with Gasteiger partial charge in [-0.05, 0) is 54.5 Å². The molecule has 116 valence electrons. The van der Waals surface area contributed by atoms with Crippen molar-refractivity contribution in [3.8, 4) is 11.4 Å². The lowest BCUT2D eigenvalue weighted by Gasteiger charge is -2.07. The van der Waals surface area contributed by atoms with Gasteiger partial charge in [0.1, 0.15) is 6.54 Å². The Morgan fingerprint density at radius 1 is 1.22 bits per heavy atom. The summed E-state index contributed by atoms with van der Waals surface area (Å²) in [7, 11) is 0. The Labute approximate surface area is 133 Å². The lowest BCUT2D eigenvalue weighted by molar-refractivity contribution is -0.117. The number of aryl methyl sites for hydroxylation is 2. The highest BCUT2D eigenvalue weighted by atomic mass is 16.2. The summed E-state index contributed by atoms with van der Waals surface area (Å²) in [5.41, 5.74) is 3.82. The summed E-state index contributed by atoms with van der Waals surface area (Å²) in [6.07, 6.45) is 3.32. The van der Waals surface area contributed by atoms with Gasteiger partial charge >= 0.3 is 0 Å². The minimum atomic E-state index is -0.205. The Hall–Kier alpha value is -3.09. The molecule has 0 fully saturated rings. The van der Waals surface area contributed by atoms with Crippen molar-refractivity contribution in [1.29, 1.82) is 0 Å². The van der Waals surface area contributed by atoms with E-state index in [4.69, 9.17) is 0 Å². The third-order valence-corrected chi connectivity index (χ3v) is 3.45. The van der Waals surface area contributed by atoms with Crippen molar-refractivity contribution in [2.75, 3.05) is 5.32 Å². The van der Waals surface area contributed by atoms with Gasteiger partial charge in [0, 0.05) is 23.6 Å². The number of nitrogens with one attached hydrogen (secondary N) is 1. The SMILES string of the molecule is Cc1ccc(NC(=O)Cn2nnc(-c3cccnc3)n2)cc1C. The number of nitrogens with zero attached hydrogens (tertiary/aromatic N) is 5. The predicted molar refractivity (Wildman–Crippen MR) is 85.6 cm³/mol. The zero-order chi connectivity index (χ0) is 16.2. The molecule has 1 aromatic carbocycles. The van der Waals surface area contributed by atoms with E-state index >= 15 is 0 Å². The number of rotatable bonds is 4. The molecule has 7 nitrogen and oxygen atoms in total. The summed E-state index contributed by atoms with van der Waals surface area (Å²) in [5, 5.41) is 14.8. The second-order valence-corrected chi connectivity index (χ2v) is 5.23. The normalized spacial score (nSPS) is 10.5. The molecule has 0 bridgehead atoms. The Kier molecular flexibility index (Phi) is 4.09. The molecule has 3 rings (SSSR count). The number of carbonyl (C=O) groups excluding carboxylic acids is 1. The molecule has 3 aromatic rings. The van der Waals surface area contributed by atoms with Crippen LogP contribution < -0.4 is 5.32 Å². The molecule has 0 unspecified atom stereocenters. The molecule has 2 heterocycles. The second kappa shape index (κ2) is 6.35. The first-order valence-electron chi connectivity index (χ1n) is 7.17. The highest BCUT2D eigenvalue weighted by Gasteiger charge is 2.10. The Balaban J connectivity index is 1.66. The van der Waals surface area contributed by atoms with Crippen LogP contribution in [0.1, 0.15) is 11.1 Å². The van der Waals surface area contributed by atoms with Crippen LogP contribution in [0.25, 0.3) is 11.4 Å². The van der Waals surface area contributed by atoms with E-state index in [-0.39, 0.29) is 12.5 Å². The van der Waals surface area contributed by atoms with E-state index in [1.807, 2.05) is 38.1 Å². The minimum absolute atomic E-state index is 0.000185. The minimum Gasteiger partial charge on any atom is -0.324 e. The Morgan fingerprint density at radius 3 is 2.83 bits per heavy atom. The molecule has 0 saturated carbocycles. The summed E-state index contributed by atoms with van der Waals surface area (Å²) >= 11 is 0. The number of aromatic nitrogens is 5. The maximum Gasteiger partial charge on any atom is 0.248 e. The van der Waals surface area contributed by atoms with Crippen LogP contribution in [0.3, 0.4) is 0 Å². The molecule has 0 saturated heterocycles. The standard InChI is InChI=1S/C16H16N6O/c1-11-5-6-14(8-12(11)2)18-15(23)10-22-20-16(19-21-22)13-4-3-7-17-9-13/h3-9H,10H2,1-2H3,(H,18,23). The van der Waals surface area contributed by atoms with Crippen molar-refractivity contribution in [2.24, 2.45) is 0 Å². The van der Waals surface area contributed by atoms with E-state index in [1.54, 1.807) is 18.5 Å². The highest BCUT2D eigenvalue weighted by Crippen LogP contribution is 2.14. The van der Waals surface area contributed by atoms with Gasteiger partial charge in [0.25, 0.3) is 0 Å². The van der Waals surface area contributed by atoms with Crippen molar-refractivity contribution >= 4 is 11.6 Å². The van der Waals surface area contributed by atoms with E-state index in [9.17, 15) is 4.79 Å². The smallest absolute Gasteiger partial charge is 0.248 e. The molecule has 0 atom stereocenters. The highest BCUT2D eigenvalue weighted by molar-refractivity contribution is 5.90. The first-order chi connectivity index (χ1) is 11.1. The van der Waals surface area contributed by atoms with Gasteiger partial charge in [-0.25, -0.2) is 0 Å². The van der Waals surface area contributed by atoms with Crippen LogP contribution in [0.2, 0.25) is 0 Å². The van der Waals surface area contributed by atoms with E-state index in [2.05, 4.69) is 25.7 Å². The molecule has 23 heavy (non-hydrogen) atoms. The molecule has 2 aromatic heterocycles.